The van der Waals surface area contributed by atoms with Gasteiger partial charge in [0.25, 0.3) is 0 Å². The minimum absolute atomic E-state index is 0.255. The number of carbonyl (C=O) groups is 2. The molecule has 0 amide bonds. The second-order valence-corrected chi connectivity index (χ2v) is 7.09. The second-order valence-electron chi connectivity index (χ2n) is 7.09. The number of Topliss-reactive ketones (excluding diaryl/α,β-unsaturated/α-hetero) is 2. The van der Waals surface area contributed by atoms with Gasteiger partial charge in [-0.3, -0.25) is 0 Å². The molecule has 0 bridgehead atoms. The first-order valence-electron chi connectivity index (χ1n) is 9.62. The molecule has 2 heteroatoms. The number of rotatable bonds is 3. The van der Waals surface area contributed by atoms with E-state index in [0.717, 1.165) is 6.42 Å². The van der Waals surface area contributed by atoms with Crippen molar-refractivity contribution in [3.05, 3.63) is 71.3 Å². The normalized spacial score (nSPS) is 8.93. The van der Waals surface area contributed by atoms with E-state index in [4.69, 9.17) is 0 Å². The van der Waals surface area contributed by atoms with Crippen molar-refractivity contribution in [3.63, 3.8) is 0 Å². The number of benzene rings is 2. The number of hydrogen-bond acceptors (Lipinski definition) is 2. The molecule has 0 radical (unpaired) electrons. The molecular weight excluding hydrogens is 332 g/mol. The summed E-state index contributed by atoms with van der Waals surface area (Å²) in [5.74, 6) is 1.07. The fourth-order valence-electron chi connectivity index (χ4n) is 1.77. The maximum atomic E-state index is 10.3. The van der Waals surface area contributed by atoms with Gasteiger partial charge in [0, 0.05) is 12.8 Å². The standard InChI is InChI=1S/C8H10.C7H8.C6H12O.C4H8O/c1-7-5-3-4-6-8(7)2;1-7-5-3-2-4-6-7;1-5(2)4-6(3)7;1-3-4(2)5/h3-6H,1-2H3;2-6H,1H3;5H,4H2,1-3H3;3H2,1-2H3. The zero-order valence-electron chi connectivity index (χ0n) is 18.5. The quantitative estimate of drug-likeness (QED) is 0.588. The van der Waals surface area contributed by atoms with Crippen molar-refractivity contribution in [3.8, 4) is 0 Å². The molecule has 0 aliphatic heterocycles. The van der Waals surface area contributed by atoms with Crippen molar-refractivity contribution in [1.29, 1.82) is 0 Å². The van der Waals surface area contributed by atoms with Gasteiger partial charge in [0.15, 0.2) is 0 Å². The van der Waals surface area contributed by atoms with Crippen LogP contribution in [0.2, 0.25) is 0 Å². The summed E-state index contributed by atoms with van der Waals surface area (Å²) >= 11 is 0. The van der Waals surface area contributed by atoms with Gasteiger partial charge in [0.1, 0.15) is 11.6 Å². The molecule has 2 aromatic rings. The Balaban J connectivity index is 0. The Morgan fingerprint density at radius 3 is 1.26 bits per heavy atom. The highest BCUT2D eigenvalue weighted by molar-refractivity contribution is 5.75. The smallest absolute Gasteiger partial charge is 0.130 e. The largest absolute Gasteiger partial charge is 0.300 e. The van der Waals surface area contributed by atoms with Gasteiger partial charge in [0.05, 0.1) is 0 Å². The summed E-state index contributed by atoms with van der Waals surface area (Å²) in [4.78, 5) is 20.1. The third-order valence-corrected chi connectivity index (χ3v) is 3.56. The van der Waals surface area contributed by atoms with Crippen LogP contribution in [0.1, 0.15) is 64.2 Å². The van der Waals surface area contributed by atoms with Crippen molar-refractivity contribution < 1.29 is 9.59 Å². The second kappa shape index (κ2) is 17.2. The molecule has 2 rings (SSSR count). The fourth-order valence-corrected chi connectivity index (χ4v) is 1.77. The van der Waals surface area contributed by atoms with Gasteiger partial charge in [-0.1, -0.05) is 80.9 Å². The summed E-state index contributed by atoms with van der Waals surface area (Å²) in [6.07, 6.45) is 1.39. The molecule has 2 aromatic carbocycles. The van der Waals surface area contributed by atoms with Gasteiger partial charge >= 0.3 is 0 Å². The van der Waals surface area contributed by atoms with E-state index in [1.54, 1.807) is 13.8 Å². The van der Waals surface area contributed by atoms with Crippen LogP contribution in [-0.2, 0) is 9.59 Å². The average molecular weight is 371 g/mol. The monoisotopic (exact) mass is 370 g/mol. The van der Waals surface area contributed by atoms with Gasteiger partial charge in [-0.15, -0.1) is 0 Å². The van der Waals surface area contributed by atoms with E-state index in [1.807, 2.05) is 39.0 Å². The van der Waals surface area contributed by atoms with Crippen LogP contribution in [0.4, 0.5) is 0 Å². The van der Waals surface area contributed by atoms with Gasteiger partial charge in [-0.25, -0.2) is 0 Å². The van der Waals surface area contributed by atoms with E-state index in [0.29, 0.717) is 12.3 Å². The summed E-state index contributed by atoms with van der Waals surface area (Å²) < 4.78 is 0. The molecule has 0 fully saturated rings. The van der Waals surface area contributed by atoms with Gasteiger partial charge in [-0.05, 0) is 51.7 Å². The lowest BCUT2D eigenvalue weighted by Crippen LogP contribution is -1.95. The van der Waals surface area contributed by atoms with E-state index in [2.05, 4.69) is 57.2 Å². The number of aryl methyl sites for hydroxylation is 3. The third kappa shape index (κ3) is 21.7. The molecule has 27 heavy (non-hydrogen) atoms. The summed E-state index contributed by atoms with van der Waals surface area (Å²) in [7, 11) is 0. The van der Waals surface area contributed by atoms with Gasteiger partial charge < -0.3 is 9.59 Å². The molecule has 0 N–H and O–H groups in total. The zero-order chi connectivity index (χ0) is 21.2. The molecule has 0 spiro atoms. The van der Waals surface area contributed by atoms with Crippen molar-refractivity contribution >= 4 is 11.6 Å². The first-order chi connectivity index (χ1) is 12.6. The van der Waals surface area contributed by atoms with Gasteiger partial charge in [0.2, 0.25) is 0 Å². The summed E-state index contributed by atoms with van der Waals surface area (Å²) in [6, 6.07) is 18.6. The van der Waals surface area contributed by atoms with Crippen molar-refractivity contribution in [2.75, 3.05) is 0 Å². The Hall–Kier alpha value is -2.22. The van der Waals surface area contributed by atoms with Crippen LogP contribution in [0.15, 0.2) is 54.6 Å². The van der Waals surface area contributed by atoms with Gasteiger partial charge in [-0.2, -0.15) is 0 Å². The lowest BCUT2D eigenvalue weighted by molar-refractivity contribution is -0.118. The number of carbonyl (C=O) groups excluding carboxylic acids is 2. The maximum absolute atomic E-state index is 10.3. The molecule has 0 saturated carbocycles. The van der Waals surface area contributed by atoms with E-state index in [9.17, 15) is 9.59 Å². The van der Waals surface area contributed by atoms with E-state index in [-0.39, 0.29) is 11.6 Å². The fraction of sp³-hybridized carbons (Fsp3) is 0.440. The molecular formula is C25H38O2. The van der Waals surface area contributed by atoms with E-state index >= 15 is 0 Å². The lowest BCUT2D eigenvalue weighted by Gasteiger charge is -1.95. The highest BCUT2D eigenvalue weighted by atomic mass is 16.1. The van der Waals surface area contributed by atoms with Crippen LogP contribution in [0.25, 0.3) is 0 Å². The topological polar surface area (TPSA) is 34.1 Å². The van der Waals surface area contributed by atoms with Crippen molar-refractivity contribution in [2.24, 2.45) is 5.92 Å². The van der Waals surface area contributed by atoms with Crippen LogP contribution in [0, 0.1) is 26.7 Å². The first kappa shape index (κ1) is 27.0. The molecule has 150 valence electrons. The summed E-state index contributed by atoms with van der Waals surface area (Å²) in [6.45, 7) is 15.5. The number of ketones is 2. The lowest BCUT2D eigenvalue weighted by atomic mass is 10.1. The molecule has 0 atom stereocenters. The Morgan fingerprint density at radius 1 is 0.741 bits per heavy atom. The minimum atomic E-state index is 0.255. The molecule has 0 aromatic heterocycles. The molecule has 0 aliphatic carbocycles. The van der Waals surface area contributed by atoms with Crippen LogP contribution in [0.3, 0.4) is 0 Å². The minimum Gasteiger partial charge on any atom is -0.300 e. The summed E-state index contributed by atoms with van der Waals surface area (Å²) in [5, 5.41) is 0. The summed E-state index contributed by atoms with van der Waals surface area (Å²) in [5.41, 5.74) is 4.06. The molecule has 0 unspecified atom stereocenters. The Labute approximate surface area is 167 Å². The predicted octanol–water partition coefficient (Wildman–Crippen LogP) is 6.91. The molecule has 0 aliphatic rings. The van der Waals surface area contributed by atoms with E-state index in [1.165, 1.54) is 16.7 Å². The number of hydrogen-bond donors (Lipinski definition) is 0. The Kier molecular flexibility index (Phi) is 17.2. The first-order valence-corrected chi connectivity index (χ1v) is 9.62. The highest BCUT2D eigenvalue weighted by Gasteiger charge is 1.95. The molecule has 2 nitrogen and oxygen atoms in total. The van der Waals surface area contributed by atoms with Crippen LogP contribution >= 0.6 is 0 Å². The van der Waals surface area contributed by atoms with Crippen molar-refractivity contribution in [2.45, 2.75) is 68.2 Å². The van der Waals surface area contributed by atoms with Crippen LogP contribution in [-0.4, -0.2) is 11.6 Å². The SMILES string of the molecule is CC(=O)CC(C)C.CCC(C)=O.Cc1ccccc1.Cc1ccccc1C. The average Bonchev–Trinajstić information content (AvgIpc) is 2.59. The third-order valence-electron chi connectivity index (χ3n) is 3.56. The van der Waals surface area contributed by atoms with Crippen LogP contribution in [0.5, 0.6) is 0 Å². The van der Waals surface area contributed by atoms with Crippen molar-refractivity contribution in [1.82, 2.24) is 0 Å². The highest BCUT2D eigenvalue weighted by Crippen LogP contribution is 2.02. The Morgan fingerprint density at radius 2 is 1.11 bits per heavy atom. The maximum Gasteiger partial charge on any atom is 0.130 e. The van der Waals surface area contributed by atoms with Crippen LogP contribution < -0.4 is 0 Å². The zero-order valence-corrected chi connectivity index (χ0v) is 18.5. The van der Waals surface area contributed by atoms with E-state index < -0.39 is 0 Å². The predicted molar refractivity (Wildman–Crippen MR) is 118 cm³/mol. The molecule has 0 saturated heterocycles. The Bertz CT molecular complexity index is 607. The molecule has 0 heterocycles.